The van der Waals surface area contributed by atoms with Crippen LogP contribution in [-0.4, -0.2) is 16.2 Å². The van der Waals surface area contributed by atoms with E-state index in [2.05, 4.69) is 292 Å². The number of benzene rings is 6. The highest BCUT2D eigenvalue weighted by Crippen LogP contribution is 2.51. The maximum absolute atomic E-state index is 7.44. The molecular formula is C70H84N4O. The van der Waals surface area contributed by atoms with E-state index in [1.54, 1.807) is 0 Å². The van der Waals surface area contributed by atoms with Gasteiger partial charge < -0.3 is 14.5 Å². The Kier molecular flexibility index (Phi) is 13.2. The van der Waals surface area contributed by atoms with Gasteiger partial charge in [-0.2, -0.15) is 0 Å². The van der Waals surface area contributed by atoms with Gasteiger partial charge >= 0.3 is 0 Å². The molecule has 3 heterocycles. The molecule has 0 spiro atoms. The molecule has 5 nitrogen and oxygen atoms in total. The van der Waals surface area contributed by atoms with E-state index < -0.39 is 0 Å². The Balaban J connectivity index is 1.26. The Morgan fingerprint density at radius 2 is 0.867 bits per heavy atom. The van der Waals surface area contributed by atoms with E-state index in [1.165, 1.54) is 66.8 Å². The van der Waals surface area contributed by atoms with Crippen LogP contribution in [0.15, 0.2) is 163 Å². The van der Waals surface area contributed by atoms with Crippen molar-refractivity contribution < 1.29 is 4.74 Å². The summed E-state index contributed by atoms with van der Waals surface area (Å²) in [6.45, 7) is 45.1. The summed E-state index contributed by atoms with van der Waals surface area (Å²) in [6.07, 6.45) is 1.96. The minimum atomic E-state index is -0.387. The SMILES string of the molecule is CC(C)(C)C1=C(C(C)(C)C)N(c2cc(C(C)(C)C)cc(C(C)(C)c3ccccc3)c2)CN1c1cc(Oc2cc(C(C)(C)c3ccccc3)c3c4ccccc4n(-c4cc(C(C)(C)C)ccn4)c3c2)cc(C(C)(C)C)c1. The molecule has 0 fully saturated rings. The third-order valence-corrected chi connectivity index (χ3v) is 15.8. The summed E-state index contributed by atoms with van der Waals surface area (Å²) < 4.78 is 9.79. The number of hydrogen-bond acceptors (Lipinski definition) is 4. The van der Waals surface area contributed by atoms with Crippen LogP contribution in [0.3, 0.4) is 0 Å². The van der Waals surface area contributed by atoms with Crippen LogP contribution in [0.4, 0.5) is 11.4 Å². The molecule has 9 rings (SSSR count). The van der Waals surface area contributed by atoms with Crippen LogP contribution in [0.25, 0.3) is 27.6 Å². The summed E-state index contributed by atoms with van der Waals surface area (Å²) in [4.78, 5) is 10.3. The fourth-order valence-electron chi connectivity index (χ4n) is 11.3. The van der Waals surface area contributed by atoms with Crippen LogP contribution in [0, 0.1) is 10.8 Å². The van der Waals surface area contributed by atoms with Gasteiger partial charge in [0, 0.05) is 73.5 Å². The van der Waals surface area contributed by atoms with Crippen molar-refractivity contribution in [1.82, 2.24) is 9.55 Å². The summed E-state index contributed by atoms with van der Waals surface area (Å²) >= 11 is 0. The first-order valence-electron chi connectivity index (χ1n) is 27.3. The van der Waals surface area contributed by atoms with Gasteiger partial charge in [0.1, 0.15) is 17.3 Å². The number of fused-ring (bicyclic) bond motifs is 3. The molecule has 2 aromatic heterocycles. The average Bonchev–Trinajstić information content (AvgIpc) is 3.93. The maximum Gasteiger partial charge on any atom is 0.137 e. The van der Waals surface area contributed by atoms with E-state index in [-0.39, 0.29) is 37.9 Å². The van der Waals surface area contributed by atoms with Gasteiger partial charge in [0.25, 0.3) is 0 Å². The van der Waals surface area contributed by atoms with Crippen molar-refractivity contribution in [1.29, 1.82) is 0 Å². The highest BCUT2D eigenvalue weighted by molar-refractivity contribution is 6.11. The summed E-state index contributed by atoms with van der Waals surface area (Å²) in [7, 11) is 0. The van der Waals surface area contributed by atoms with E-state index in [0.717, 1.165) is 34.0 Å². The molecule has 390 valence electrons. The molecule has 0 radical (unpaired) electrons. The predicted molar refractivity (Wildman–Crippen MR) is 321 cm³/mol. The molecule has 0 bridgehead atoms. The second-order valence-corrected chi connectivity index (χ2v) is 27.6. The molecule has 6 aromatic carbocycles. The second kappa shape index (κ2) is 18.6. The second-order valence-electron chi connectivity index (χ2n) is 27.6. The first-order chi connectivity index (χ1) is 34.8. The van der Waals surface area contributed by atoms with Gasteiger partial charge in [0.15, 0.2) is 0 Å². The number of nitrogens with zero attached hydrogens (tertiary/aromatic N) is 4. The van der Waals surface area contributed by atoms with Crippen LogP contribution >= 0.6 is 0 Å². The molecule has 0 aliphatic carbocycles. The van der Waals surface area contributed by atoms with Gasteiger partial charge in [-0.3, -0.25) is 4.57 Å². The summed E-state index contributed by atoms with van der Waals surface area (Å²) in [5.41, 5.74) is 14.7. The van der Waals surface area contributed by atoms with E-state index in [9.17, 15) is 0 Å². The van der Waals surface area contributed by atoms with Crippen molar-refractivity contribution in [3.63, 3.8) is 0 Å². The molecule has 1 aliphatic rings. The lowest BCUT2D eigenvalue weighted by Crippen LogP contribution is -2.32. The summed E-state index contributed by atoms with van der Waals surface area (Å²) in [6, 6.07) is 54.0. The molecule has 0 saturated carbocycles. The molecule has 8 aromatic rings. The lowest BCUT2D eigenvalue weighted by Gasteiger charge is -2.35. The largest absolute Gasteiger partial charge is 0.457 e. The zero-order valence-corrected chi connectivity index (χ0v) is 48.8. The summed E-state index contributed by atoms with van der Waals surface area (Å²) in [5, 5.41) is 2.40. The number of aromatic nitrogens is 2. The Morgan fingerprint density at radius 1 is 0.387 bits per heavy atom. The molecular weight excluding hydrogens is 913 g/mol. The van der Waals surface area contributed by atoms with Crippen LogP contribution in [0.1, 0.15) is 170 Å². The monoisotopic (exact) mass is 997 g/mol. The molecule has 1 aliphatic heterocycles. The molecule has 0 saturated heterocycles. The number of para-hydroxylation sites is 1. The van der Waals surface area contributed by atoms with Crippen molar-refractivity contribution >= 4 is 33.2 Å². The third-order valence-electron chi connectivity index (χ3n) is 15.8. The normalized spacial score (nSPS) is 14.4. The van der Waals surface area contributed by atoms with Gasteiger partial charge in [0.2, 0.25) is 0 Å². The van der Waals surface area contributed by atoms with Crippen molar-refractivity contribution in [2.45, 2.75) is 159 Å². The number of hydrogen-bond donors (Lipinski definition) is 0. The van der Waals surface area contributed by atoms with E-state index >= 15 is 0 Å². The molecule has 75 heavy (non-hydrogen) atoms. The van der Waals surface area contributed by atoms with Gasteiger partial charge in [-0.25, -0.2) is 4.98 Å². The van der Waals surface area contributed by atoms with Crippen molar-refractivity contribution in [3.8, 4) is 17.3 Å². The molecule has 0 unspecified atom stereocenters. The Hall–Kier alpha value is -6.59. The van der Waals surface area contributed by atoms with Gasteiger partial charge in [-0.15, -0.1) is 0 Å². The van der Waals surface area contributed by atoms with Gasteiger partial charge in [-0.1, -0.05) is 216 Å². The fourth-order valence-corrected chi connectivity index (χ4v) is 11.3. The minimum absolute atomic E-state index is 0.0539. The smallest absolute Gasteiger partial charge is 0.137 e. The Bertz CT molecular complexity index is 3440. The quantitative estimate of drug-likeness (QED) is 0.144. The zero-order chi connectivity index (χ0) is 54.4. The van der Waals surface area contributed by atoms with Crippen molar-refractivity contribution in [2.75, 3.05) is 16.5 Å². The van der Waals surface area contributed by atoms with E-state index in [0.29, 0.717) is 6.67 Å². The maximum atomic E-state index is 7.44. The third kappa shape index (κ3) is 10.2. The van der Waals surface area contributed by atoms with Gasteiger partial charge in [0.05, 0.1) is 17.7 Å². The highest BCUT2D eigenvalue weighted by atomic mass is 16.5. The topological polar surface area (TPSA) is 33.5 Å². The molecule has 0 N–H and O–H groups in total. The first kappa shape index (κ1) is 53.2. The lowest BCUT2D eigenvalue weighted by atomic mass is 9.75. The standard InChI is InChI=1S/C70H84N4O/c1-64(2,3)48-34-35-71-60(41-48)74-58-33-27-26-32-56(58)61-57(70(18,19)47-30-24-21-25-31-47)43-55(44-59(61)74)75-54-40-50(66(7,8)9)38-53(42-54)73-45-72(62(67(10,11)12)63(73)68(13,14)15)52-37-49(65(4,5)6)36-51(39-52)69(16,17)46-28-22-20-23-29-46/h20-44H,45H2,1-19H3. The molecule has 0 amide bonds. The van der Waals surface area contributed by atoms with Crippen LogP contribution in [-0.2, 0) is 27.1 Å². The fraction of sp³-hybridized carbons (Fsp3) is 0.386. The number of ether oxygens (including phenoxy) is 1. The van der Waals surface area contributed by atoms with Crippen LogP contribution in [0.2, 0.25) is 0 Å². The lowest BCUT2D eigenvalue weighted by molar-refractivity contribution is 0.444. The van der Waals surface area contributed by atoms with Crippen molar-refractivity contribution in [2.24, 2.45) is 10.8 Å². The highest BCUT2D eigenvalue weighted by Gasteiger charge is 2.43. The van der Waals surface area contributed by atoms with Crippen LogP contribution < -0.4 is 14.5 Å². The Labute approximate surface area is 450 Å². The Morgan fingerprint density at radius 3 is 1.41 bits per heavy atom. The first-order valence-corrected chi connectivity index (χ1v) is 27.3. The minimum Gasteiger partial charge on any atom is -0.457 e. The van der Waals surface area contributed by atoms with Crippen molar-refractivity contribution in [3.05, 3.63) is 202 Å². The van der Waals surface area contributed by atoms with E-state index in [4.69, 9.17) is 9.72 Å². The predicted octanol–water partition coefficient (Wildman–Crippen LogP) is 19.1. The van der Waals surface area contributed by atoms with Gasteiger partial charge in [-0.05, 0) is 104 Å². The summed E-state index contributed by atoms with van der Waals surface area (Å²) in [5.74, 6) is 2.48. The van der Waals surface area contributed by atoms with Crippen LogP contribution in [0.5, 0.6) is 11.5 Å². The van der Waals surface area contributed by atoms with E-state index in [1.807, 2.05) is 6.20 Å². The number of allylic oxidation sites excluding steroid dienone is 2. The average molecular weight is 997 g/mol. The zero-order valence-electron chi connectivity index (χ0n) is 48.8. The number of pyridine rings is 1. The number of anilines is 2. The molecule has 0 atom stereocenters. The number of rotatable bonds is 9. The molecule has 5 heteroatoms.